The highest BCUT2D eigenvalue weighted by molar-refractivity contribution is 5.76. The summed E-state index contributed by atoms with van der Waals surface area (Å²) in [5, 5.41) is 3.39. The molecule has 2 rings (SSSR count). The smallest absolute Gasteiger partial charge is 0.312 e. The lowest BCUT2D eigenvalue weighted by Crippen LogP contribution is -2.37. The third kappa shape index (κ3) is 3.80. The van der Waals surface area contributed by atoms with Crippen LogP contribution in [0.2, 0.25) is 0 Å². The summed E-state index contributed by atoms with van der Waals surface area (Å²) in [6.07, 6.45) is 2.62. The van der Waals surface area contributed by atoms with Crippen LogP contribution < -0.4 is 10.1 Å². The minimum atomic E-state index is -0.542. The van der Waals surface area contributed by atoms with Crippen molar-refractivity contribution in [2.45, 2.75) is 45.6 Å². The first-order valence-corrected chi connectivity index (χ1v) is 7.96. The quantitative estimate of drug-likeness (QED) is 0.871. The number of methoxy groups -OCH3 is 1. The predicted molar refractivity (Wildman–Crippen MR) is 86.9 cm³/mol. The molecule has 22 heavy (non-hydrogen) atoms. The molecule has 1 saturated heterocycles. The lowest BCUT2D eigenvalue weighted by Gasteiger charge is -2.35. The summed E-state index contributed by atoms with van der Waals surface area (Å²) in [6, 6.07) is 7.89. The first-order valence-electron chi connectivity index (χ1n) is 7.96. The summed E-state index contributed by atoms with van der Waals surface area (Å²) in [4.78, 5) is 12.5. The molecule has 0 spiro atoms. The van der Waals surface area contributed by atoms with Crippen LogP contribution in [0.3, 0.4) is 0 Å². The Kier molecular flexibility index (Phi) is 5.12. The minimum absolute atomic E-state index is 0.148. The molecule has 1 aromatic carbocycles. The Morgan fingerprint density at radius 2 is 1.82 bits per heavy atom. The molecule has 0 radical (unpaired) electrons. The van der Waals surface area contributed by atoms with Crippen molar-refractivity contribution >= 4 is 5.97 Å². The van der Waals surface area contributed by atoms with Crippen molar-refractivity contribution in [3.8, 4) is 5.75 Å². The summed E-state index contributed by atoms with van der Waals surface area (Å²) in [7, 11) is 1.65. The Hall–Kier alpha value is -1.55. The zero-order valence-electron chi connectivity index (χ0n) is 14.1. The average molecular weight is 305 g/mol. The number of carbonyl (C=O) groups is 1. The Bertz CT molecular complexity index is 494. The van der Waals surface area contributed by atoms with E-state index >= 15 is 0 Å². The monoisotopic (exact) mass is 305 g/mol. The fourth-order valence-electron chi connectivity index (χ4n) is 2.71. The standard InChI is InChI=1S/C18H27NO3/c1-17(2,3)16(20)22-18(10-5-12-19-13-11-18)14-6-8-15(21-4)9-7-14/h6-9,19H,5,10-13H2,1-4H3. The Balaban J connectivity index is 2.33. The molecule has 1 aromatic rings. The summed E-state index contributed by atoms with van der Waals surface area (Å²) in [5.74, 6) is 0.665. The second kappa shape index (κ2) is 6.69. The van der Waals surface area contributed by atoms with Crippen LogP contribution in [0.25, 0.3) is 0 Å². The molecule has 1 aliphatic rings. The summed E-state index contributed by atoms with van der Waals surface area (Å²) in [5.41, 5.74) is 0.00823. The molecule has 1 atom stereocenters. The molecule has 1 heterocycles. The van der Waals surface area contributed by atoms with E-state index in [-0.39, 0.29) is 5.97 Å². The number of carbonyl (C=O) groups excluding carboxylic acids is 1. The van der Waals surface area contributed by atoms with Crippen molar-refractivity contribution in [3.05, 3.63) is 29.8 Å². The van der Waals surface area contributed by atoms with E-state index in [1.54, 1.807) is 7.11 Å². The van der Waals surface area contributed by atoms with E-state index in [1.165, 1.54) is 0 Å². The fourth-order valence-corrected chi connectivity index (χ4v) is 2.71. The van der Waals surface area contributed by atoms with Gasteiger partial charge in [-0.1, -0.05) is 12.1 Å². The molecule has 4 heteroatoms. The van der Waals surface area contributed by atoms with Gasteiger partial charge in [0.1, 0.15) is 11.4 Å². The van der Waals surface area contributed by atoms with E-state index in [0.29, 0.717) is 0 Å². The zero-order valence-corrected chi connectivity index (χ0v) is 14.1. The van der Waals surface area contributed by atoms with Crippen LogP contribution in [0.5, 0.6) is 5.75 Å². The molecular weight excluding hydrogens is 278 g/mol. The maximum absolute atomic E-state index is 12.5. The van der Waals surface area contributed by atoms with Crippen molar-refractivity contribution in [3.63, 3.8) is 0 Å². The van der Waals surface area contributed by atoms with Crippen LogP contribution >= 0.6 is 0 Å². The molecule has 4 nitrogen and oxygen atoms in total. The van der Waals surface area contributed by atoms with Crippen molar-refractivity contribution in [2.75, 3.05) is 20.2 Å². The van der Waals surface area contributed by atoms with Crippen LogP contribution in [0, 0.1) is 5.41 Å². The van der Waals surface area contributed by atoms with Gasteiger partial charge in [0, 0.05) is 6.42 Å². The lowest BCUT2D eigenvalue weighted by atomic mass is 9.85. The second-order valence-corrected chi connectivity index (χ2v) is 6.97. The Morgan fingerprint density at radius 1 is 1.14 bits per heavy atom. The number of esters is 1. The van der Waals surface area contributed by atoms with E-state index in [0.717, 1.165) is 43.7 Å². The van der Waals surface area contributed by atoms with Gasteiger partial charge in [-0.15, -0.1) is 0 Å². The Morgan fingerprint density at radius 3 is 2.41 bits per heavy atom. The van der Waals surface area contributed by atoms with Gasteiger partial charge in [0.15, 0.2) is 0 Å². The van der Waals surface area contributed by atoms with Crippen molar-refractivity contribution < 1.29 is 14.3 Å². The van der Waals surface area contributed by atoms with Crippen molar-refractivity contribution in [1.82, 2.24) is 5.32 Å². The third-order valence-electron chi connectivity index (χ3n) is 4.16. The molecule has 0 aliphatic carbocycles. The Labute approximate surface area is 133 Å². The van der Waals surface area contributed by atoms with E-state index in [2.05, 4.69) is 5.32 Å². The van der Waals surface area contributed by atoms with E-state index in [4.69, 9.17) is 9.47 Å². The van der Waals surface area contributed by atoms with E-state index in [9.17, 15) is 4.79 Å². The third-order valence-corrected chi connectivity index (χ3v) is 4.16. The van der Waals surface area contributed by atoms with Crippen molar-refractivity contribution in [2.24, 2.45) is 5.41 Å². The summed E-state index contributed by atoms with van der Waals surface area (Å²) >= 11 is 0. The first kappa shape index (κ1) is 16.8. The SMILES string of the molecule is COc1ccc(C2(OC(=O)C(C)(C)C)CCCNCC2)cc1. The number of hydrogen-bond donors (Lipinski definition) is 1. The molecule has 1 aliphatic heterocycles. The number of nitrogens with one attached hydrogen (secondary N) is 1. The number of rotatable bonds is 3. The molecular formula is C18H27NO3. The van der Waals surface area contributed by atoms with Gasteiger partial charge in [0.2, 0.25) is 0 Å². The van der Waals surface area contributed by atoms with Gasteiger partial charge in [-0.05, 0) is 64.4 Å². The van der Waals surface area contributed by atoms with Crippen LogP contribution in [0.15, 0.2) is 24.3 Å². The molecule has 0 saturated carbocycles. The minimum Gasteiger partial charge on any atom is -0.497 e. The maximum atomic E-state index is 12.5. The molecule has 0 aromatic heterocycles. The van der Waals surface area contributed by atoms with E-state index < -0.39 is 11.0 Å². The van der Waals surface area contributed by atoms with Gasteiger partial charge in [0.05, 0.1) is 12.5 Å². The molecule has 1 unspecified atom stereocenters. The highest BCUT2D eigenvalue weighted by Crippen LogP contribution is 2.38. The van der Waals surface area contributed by atoms with Gasteiger partial charge in [-0.2, -0.15) is 0 Å². The highest BCUT2D eigenvalue weighted by Gasteiger charge is 2.39. The molecule has 1 N–H and O–H groups in total. The summed E-state index contributed by atoms with van der Waals surface area (Å²) in [6.45, 7) is 7.50. The van der Waals surface area contributed by atoms with Gasteiger partial charge < -0.3 is 14.8 Å². The summed E-state index contributed by atoms with van der Waals surface area (Å²) < 4.78 is 11.3. The number of benzene rings is 1. The van der Waals surface area contributed by atoms with Crippen LogP contribution in [-0.2, 0) is 15.1 Å². The van der Waals surface area contributed by atoms with Gasteiger partial charge in [-0.25, -0.2) is 0 Å². The van der Waals surface area contributed by atoms with Crippen molar-refractivity contribution in [1.29, 1.82) is 0 Å². The largest absolute Gasteiger partial charge is 0.497 e. The maximum Gasteiger partial charge on any atom is 0.312 e. The first-order chi connectivity index (χ1) is 10.4. The van der Waals surface area contributed by atoms with Gasteiger partial charge >= 0.3 is 5.97 Å². The second-order valence-electron chi connectivity index (χ2n) is 6.97. The fraction of sp³-hybridized carbons (Fsp3) is 0.611. The van der Waals surface area contributed by atoms with Gasteiger partial charge in [0.25, 0.3) is 0 Å². The topological polar surface area (TPSA) is 47.6 Å². The molecule has 0 amide bonds. The number of ether oxygens (including phenoxy) is 2. The normalized spacial score (nSPS) is 22.7. The highest BCUT2D eigenvalue weighted by atomic mass is 16.6. The lowest BCUT2D eigenvalue weighted by molar-refractivity contribution is -0.172. The molecule has 0 bridgehead atoms. The molecule has 122 valence electrons. The number of hydrogen-bond acceptors (Lipinski definition) is 4. The average Bonchev–Trinajstić information content (AvgIpc) is 2.73. The predicted octanol–water partition coefficient (Wildman–Crippen LogP) is 3.25. The van der Waals surface area contributed by atoms with Gasteiger partial charge in [-0.3, -0.25) is 4.79 Å². The van der Waals surface area contributed by atoms with Crippen LogP contribution in [0.1, 0.15) is 45.6 Å². The van der Waals surface area contributed by atoms with Crippen LogP contribution in [-0.4, -0.2) is 26.2 Å². The van der Waals surface area contributed by atoms with Crippen LogP contribution in [0.4, 0.5) is 0 Å². The zero-order chi connectivity index (χ0) is 16.2. The van der Waals surface area contributed by atoms with E-state index in [1.807, 2.05) is 45.0 Å². The molecule has 1 fully saturated rings.